The second-order valence-electron chi connectivity index (χ2n) is 1.81. The Hall–Kier alpha value is 0.814. The van der Waals surface area contributed by atoms with E-state index in [4.69, 9.17) is 0 Å². The van der Waals surface area contributed by atoms with E-state index in [1.54, 1.807) is 0 Å². The smallest absolute Gasteiger partial charge is 0.358 e. The van der Waals surface area contributed by atoms with E-state index in [2.05, 4.69) is 20.8 Å². The monoisotopic (exact) mass is 137 g/mol. The minimum absolute atomic E-state index is 0. The van der Waals surface area contributed by atoms with Crippen LogP contribution in [0, 0.1) is 7.43 Å². The summed E-state index contributed by atoms with van der Waals surface area (Å²) in [6.45, 7) is 6.92. The molecule has 2 heteroatoms. The maximum atomic E-state index is 2.31. The molecule has 0 atom stereocenters. The fourth-order valence-corrected chi connectivity index (χ4v) is 2.25. The van der Waals surface area contributed by atoms with E-state index in [0.717, 1.165) is 0 Å². The van der Waals surface area contributed by atoms with Gasteiger partial charge in [-0.15, -0.1) is 0 Å². The van der Waals surface area contributed by atoms with Crippen LogP contribution in [0.25, 0.3) is 0 Å². The van der Waals surface area contributed by atoms with Gasteiger partial charge in [-0.25, -0.2) is 0 Å². The van der Waals surface area contributed by atoms with Crippen LogP contribution < -0.4 is 18.9 Å². The molecule has 0 aromatic rings. The summed E-state index contributed by atoms with van der Waals surface area (Å²) < 4.78 is 0. The maximum absolute atomic E-state index is 2.31. The average Bonchev–Trinajstić information content (AvgIpc) is 1.72. The van der Waals surface area contributed by atoms with Crippen molar-refractivity contribution in [2.75, 3.05) is 0 Å². The van der Waals surface area contributed by atoms with Gasteiger partial charge in [0.05, 0.1) is 0 Å². The average molecular weight is 137 g/mol. The van der Waals surface area contributed by atoms with Crippen molar-refractivity contribution in [3.63, 3.8) is 0 Å². The minimum atomic E-state index is 0. The van der Waals surface area contributed by atoms with E-state index in [1.165, 1.54) is 18.1 Å². The molecule has 0 fully saturated rings. The SMILES string of the molecule is CC[Si](CC)CC.[CH3-].[Li+]. The molecule has 0 rings (SSSR count). The largest absolute Gasteiger partial charge is 1.00 e. The zero-order chi connectivity index (χ0) is 5.70. The molecule has 0 aromatic heterocycles. The van der Waals surface area contributed by atoms with Crippen LogP contribution in [0.3, 0.4) is 0 Å². The zero-order valence-electron chi connectivity index (χ0n) is 7.62. The molecule has 51 valence electrons. The molecule has 0 aliphatic rings. The predicted molar refractivity (Wildman–Crippen MR) is 43.6 cm³/mol. The summed E-state index contributed by atoms with van der Waals surface area (Å²) in [5, 5.41) is 0. The standard InChI is InChI=1S/C6H15Si.CH3.Li/c1-4-7(5-2)6-3;;/h4-6H2,1-3H3;1H3;/q;-1;+1. The summed E-state index contributed by atoms with van der Waals surface area (Å²) in [6.07, 6.45) is 0. The zero-order valence-corrected chi connectivity index (χ0v) is 8.62. The molecule has 0 heterocycles. The van der Waals surface area contributed by atoms with Crippen LogP contribution in [0.5, 0.6) is 0 Å². The first-order valence-electron chi connectivity index (χ1n) is 3.18. The molecule has 0 N–H and O–H groups in total. The van der Waals surface area contributed by atoms with Crippen molar-refractivity contribution in [2.45, 2.75) is 38.9 Å². The van der Waals surface area contributed by atoms with Crippen molar-refractivity contribution in [2.24, 2.45) is 0 Å². The summed E-state index contributed by atoms with van der Waals surface area (Å²) in [6, 6.07) is 4.37. The van der Waals surface area contributed by atoms with Crippen molar-refractivity contribution >= 4 is 8.80 Å². The maximum Gasteiger partial charge on any atom is 1.00 e. The van der Waals surface area contributed by atoms with E-state index in [9.17, 15) is 0 Å². The molecular formula is C7H18LiSi. The third-order valence-corrected chi connectivity index (χ3v) is 4.50. The van der Waals surface area contributed by atoms with Gasteiger partial charge in [-0.05, 0) is 0 Å². The first-order chi connectivity index (χ1) is 3.35. The molecule has 0 bridgehead atoms. The van der Waals surface area contributed by atoms with Crippen LogP contribution >= 0.6 is 0 Å². The first kappa shape index (κ1) is 16.4. The van der Waals surface area contributed by atoms with Crippen molar-refractivity contribution in [1.82, 2.24) is 0 Å². The molecule has 0 aliphatic carbocycles. The molecule has 0 spiro atoms. The predicted octanol–water partition coefficient (Wildman–Crippen LogP) is -0.00481. The van der Waals surface area contributed by atoms with E-state index >= 15 is 0 Å². The summed E-state index contributed by atoms with van der Waals surface area (Å²) in [7, 11) is 0.137. The molecule has 0 aliphatic heterocycles. The van der Waals surface area contributed by atoms with Crippen LogP contribution in [0.4, 0.5) is 0 Å². The Labute approximate surface area is 74.2 Å². The van der Waals surface area contributed by atoms with Gasteiger partial charge in [0.25, 0.3) is 0 Å². The first-order valence-corrected chi connectivity index (χ1v) is 5.30. The Morgan fingerprint density at radius 2 is 1.11 bits per heavy atom. The van der Waals surface area contributed by atoms with Crippen molar-refractivity contribution in [3.05, 3.63) is 7.43 Å². The molecule has 0 saturated carbocycles. The number of hydrogen-bond acceptors (Lipinski definition) is 0. The van der Waals surface area contributed by atoms with Gasteiger partial charge in [-0.2, -0.15) is 0 Å². The molecular weight excluding hydrogens is 119 g/mol. The van der Waals surface area contributed by atoms with Gasteiger partial charge in [0.2, 0.25) is 0 Å². The van der Waals surface area contributed by atoms with Gasteiger partial charge in [-0.3, -0.25) is 0 Å². The topological polar surface area (TPSA) is 0 Å². The quantitative estimate of drug-likeness (QED) is 0.379. The van der Waals surface area contributed by atoms with Crippen LogP contribution in [0.1, 0.15) is 20.8 Å². The number of rotatable bonds is 3. The summed E-state index contributed by atoms with van der Waals surface area (Å²) >= 11 is 0. The van der Waals surface area contributed by atoms with Crippen molar-refractivity contribution < 1.29 is 18.9 Å². The molecule has 0 nitrogen and oxygen atoms in total. The van der Waals surface area contributed by atoms with Gasteiger partial charge in [0.1, 0.15) is 0 Å². The third-order valence-electron chi connectivity index (χ3n) is 1.50. The fourth-order valence-electron chi connectivity index (χ4n) is 0.750. The van der Waals surface area contributed by atoms with Gasteiger partial charge >= 0.3 is 18.9 Å². The van der Waals surface area contributed by atoms with Crippen LogP contribution in [0.15, 0.2) is 0 Å². The Bertz CT molecular complexity index is 30.4. The molecule has 1 radical (unpaired) electrons. The van der Waals surface area contributed by atoms with Crippen LogP contribution in [0.2, 0.25) is 18.1 Å². The van der Waals surface area contributed by atoms with Crippen molar-refractivity contribution in [1.29, 1.82) is 0 Å². The molecule has 9 heavy (non-hydrogen) atoms. The van der Waals surface area contributed by atoms with Gasteiger partial charge in [0, 0.05) is 8.80 Å². The summed E-state index contributed by atoms with van der Waals surface area (Å²) in [5.41, 5.74) is 0. The van der Waals surface area contributed by atoms with Gasteiger partial charge < -0.3 is 7.43 Å². The molecule has 0 amide bonds. The van der Waals surface area contributed by atoms with E-state index in [-0.39, 0.29) is 35.1 Å². The van der Waals surface area contributed by atoms with Gasteiger partial charge in [0.15, 0.2) is 0 Å². The van der Waals surface area contributed by atoms with E-state index in [0.29, 0.717) is 0 Å². The Kier molecular flexibility index (Phi) is 21.1. The van der Waals surface area contributed by atoms with E-state index in [1.807, 2.05) is 0 Å². The summed E-state index contributed by atoms with van der Waals surface area (Å²) in [4.78, 5) is 0. The second-order valence-corrected chi connectivity index (χ2v) is 5.43. The molecule has 0 saturated heterocycles. The van der Waals surface area contributed by atoms with E-state index < -0.39 is 0 Å². The number of hydrogen-bond donors (Lipinski definition) is 0. The Balaban J connectivity index is -0.000000180. The van der Waals surface area contributed by atoms with Crippen LogP contribution in [-0.4, -0.2) is 8.80 Å². The van der Waals surface area contributed by atoms with Crippen LogP contribution in [-0.2, 0) is 0 Å². The van der Waals surface area contributed by atoms with Gasteiger partial charge in [-0.1, -0.05) is 38.9 Å². The second kappa shape index (κ2) is 11.6. The fraction of sp³-hybridized carbons (Fsp3) is 0.857. The normalized spacial score (nSPS) is 8.00. The molecule has 0 aromatic carbocycles. The minimum Gasteiger partial charge on any atom is -0.358 e. The molecule has 0 unspecified atom stereocenters. The van der Waals surface area contributed by atoms with Crippen molar-refractivity contribution in [3.8, 4) is 0 Å². The Morgan fingerprint density at radius 3 is 1.11 bits per heavy atom. The third kappa shape index (κ3) is 8.81. The summed E-state index contributed by atoms with van der Waals surface area (Å²) in [5.74, 6) is 0. The Morgan fingerprint density at radius 1 is 0.889 bits per heavy atom.